The van der Waals surface area contributed by atoms with E-state index in [9.17, 15) is 9.90 Å². The number of carboxylic acid groups (broad SMARTS) is 1. The highest BCUT2D eigenvalue weighted by Crippen LogP contribution is 2.30. The number of hydrogen-bond acceptors (Lipinski definition) is 2. The molecule has 1 aromatic rings. The lowest BCUT2D eigenvalue weighted by atomic mass is 9.93. The molecule has 3 heteroatoms. The van der Waals surface area contributed by atoms with Gasteiger partial charge in [-0.05, 0) is 25.1 Å². The van der Waals surface area contributed by atoms with E-state index in [2.05, 4.69) is 6.58 Å². The molecule has 0 saturated carbocycles. The molecule has 2 N–H and O–H groups in total. The molecule has 1 aromatic carbocycles. The Morgan fingerprint density at radius 3 is 2.53 bits per heavy atom. The van der Waals surface area contributed by atoms with Crippen molar-refractivity contribution >= 4 is 5.97 Å². The SMILES string of the molecule is C=C(C)C(C)c1cc(C(=O)O)ccc1O. The van der Waals surface area contributed by atoms with Crippen LogP contribution >= 0.6 is 0 Å². The van der Waals surface area contributed by atoms with E-state index in [0.717, 1.165) is 5.57 Å². The standard InChI is InChI=1S/C12H14O3/c1-7(2)8(3)10-6-9(12(14)15)4-5-11(10)13/h4-6,8,13H,1H2,2-3H3,(H,14,15). The van der Waals surface area contributed by atoms with Crippen molar-refractivity contribution in [3.63, 3.8) is 0 Å². The van der Waals surface area contributed by atoms with E-state index in [4.69, 9.17) is 5.11 Å². The predicted molar refractivity (Wildman–Crippen MR) is 58.3 cm³/mol. The minimum Gasteiger partial charge on any atom is -0.508 e. The lowest BCUT2D eigenvalue weighted by Gasteiger charge is -2.13. The van der Waals surface area contributed by atoms with Crippen molar-refractivity contribution in [2.45, 2.75) is 19.8 Å². The summed E-state index contributed by atoms with van der Waals surface area (Å²) in [5.74, 6) is -0.940. The van der Waals surface area contributed by atoms with Gasteiger partial charge in [0.1, 0.15) is 5.75 Å². The number of benzene rings is 1. The molecule has 0 aliphatic rings. The van der Waals surface area contributed by atoms with Crippen LogP contribution in [0.4, 0.5) is 0 Å². The molecule has 0 radical (unpaired) electrons. The number of phenols is 1. The van der Waals surface area contributed by atoms with Gasteiger partial charge in [0.15, 0.2) is 0 Å². The van der Waals surface area contributed by atoms with Crippen molar-refractivity contribution in [2.75, 3.05) is 0 Å². The third-order valence-electron chi connectivity index (χ3n) is 2.48. The zero-order valence-corrected chi connectivity index (χ0v) is 8.82. The third-order valence-corrected chi connectivity index (χ3v) is 2.48. The molecule has 1 atom stereocenters. The van der Waals surface area contributed by atoms with E-state index in [1.54, 1.807) is 0 Å². The number of carbonyl (C=O) groups is 1. The lowest BCUT2D eigenvalue weighted by Crippen LogP contribution is -2.00. The molecule has 3 nitrogen and oxygen atoms in total. The second-order valence-electron chi connectivity index (χ2n) is 3.65. The highest BCUT2D eigenvalue weighted by molar-refractivity contribution is 5.88. The fourth-order valence-corrected chi connectivity index (χ4v) is 1.30. The first-order chi connectivity index (χ1) is 6.93. The van der Waals surface area contributed by atoms with E-state index in [1.165, 1.54) is 18.2 Å². The zero-order chi connectivity index (χ0) is 11.6. The Hall–Kier alpha value is -1.77. The molecule has 0 aliphatic carbocycles. The summed E-state index contributed by atoms with van der Waals surface area (Å²) in [6.45, 7) is 7.51. The number of rotatable bonds is 3. The highest BCUT2D eigenvalue weighted by Gasteiger charge is 2.13. The zero-order valence-electron chi connectivity index (χ0n) is 8.82. The van der Waals surface area contributed by atoms with Crippen LogP contribution in [0, 0.1) is 0 Å². The van der Waals surface area contributed by atoms with Crippen LogP contribution in [0.25, 0.3) is 0 Å². The van der Waals surface area contributed by atoms with Crippen LogP contribution in [0.1, 0.15) is 35.7 Å². The first-order valence-corrected chi connectivity index (χ1v) is 4.65. The maximum absolute atomic E-state index is 10.8. The van der Waals surface area contributed by atoms with Gasteiger partial charge in [-0.3, -0.25) is 0 Å². The Kier molecular flexibility index (Phi) is 3.14. The van der Waals surface area contributed by atoms with Gasteiger partial charge in [-0.15, -0.1) is 0 Å². The molecule has 0 spiro atoms. The summed E-state index contributed by atoms with van der Waals surface area (Å²) in [4.78, 5) is 10.8. The van der Waals surface area contributed by atoms with E-state index in [1.807, 2.05) is 13.8 Å². The monoisotopic (exact) mass is 206 g/mol. The maximum atomic E-state index is 10.8. The first kappa shape index (κ1) is 11.3. The predicted octanol–water partition coefficient (Wildman–Crippen LogP) is 2.77. The van der Waals surface area contributed by atoms with Crippen LogP contribution in [0.3, 0.4) is 0 Å². The summed E-state index contributed by atoms with van der Waals surface area (Å²) in [5, 5.41) is 18.4. The second kappa shape index (κ2) is 4.17. The van der Waals surface area contributed by atoms with Gasteiger partial charge in [0.05, 0.1) is 5.56 Å². The fraction of sp³-hybridized carbons (Fsp3) is 0.250. The summed E-state index contributed by atoms with van der Waals surface area (Å²) in [5.41, 5.74) is 1.66. The van der Waals surface area contributed by atoms with E-state index in [-0.39, 0.29) is 17.2 Å². The largest absolute Gasteiger partial charge is 0.508 e. The second-order valence-corrected chi connectivity index (χ2v) is 3.65. The van der Waals surface area contributed by atoms with E-state index in [0.29, 0.717) is 5.56 Å². The van der Waals surface area contributed by atoms with Crippen molar-refractivity contribution < 1.29 is 15.0 Å². The van der Waals surface area contributed by atoms with Crippen LogP contribution in [-0.4, -0.2) is 16.2 Å². The van der Waals surface area contributed by atoms with Gasteiger partial charge < -0.3 is 10.2 Å². The molecular formula is C12H14O3. The molecule has 1 unspecified atom stereocenters. The molecule has 0 aromatic heterocycles. The number of carboxylic acids is 1. The van der Waals surface area contributed by atoms with Crippen molar-refractivity contribution in [2.24, 2.45) is 0 Å². The van der Waals surface area contributed by atoms with Crippen LogP contribution in [-0.2, 0) is 0 Å². The maximum Gasteiger partial charge on any atom is 0.335 e. The van der Waals surface area contributed by atoms with Crippen LogP contribution in [0.2, 0.25) is 0 Å². The van der Waals surface area contributed by atoms with Gasteiger partial charge in [0.25, 0.3) is 0 Å². The Balaban J connectivity index is 3.22. The molecule has 80 valence electrons. The summed E-state index contributed by atoms with van der Waals surface area (Å²) in [7, 11) is 0. The van der Waals surface area contributed by atoms with Gasteiger partial charge in [0.2, 0.25) is 0 Å². The van der Waals surface area contributed by atoms with Crippen molar-refractivity contribution in [3.8, 4) is 5.75 Å². The van der Waals surface area contributed by atoms with Gasteiger partial charge in [-0.2, -0.15) is 0 Å². The average molecular weight is 206 g/mol. The lowest BCUT2D eigenvalue weighted by molar-refractivity contribution is 0.0696. The number of hydrogen-bond donors (Lipinski definition) is 2. The number of phenolic OH excluding ortho intramolecular Hbond substituents is 1. The minimum atomic E-state index is -0.995. The van der Waals surface area contributed by atoms with Gasteiger partial charge in [0, 0.05) is 11.5 Å². The summed E-state index contributed by atoms with van der Waals surface area (Å²) in [6.07, 6.45) is 0. The van der Waals surface area contributed by atoms with Crippen molar-refractivity contribution in [1.82, 2.24) is 0 Å². The Bertz CT molecular complexity index is 407. The van der Waals surface area contributed by atoms with Crippen LogP contribution in [0.5, 0.6) is 5.75 Å². The molecule has 0 fully saturated rings. The summed E-state index contributed by atoms with van der Waals surface area (Å²) < 4.78 is 0. The topological polar surface area (TPSA) is 57.5 Å². The van der Waals surface area contributed by atoms with Gasteiger partial charge in [-0.25, -0.2) is 4.79 Å². The first-order valence-electron chi connectivity index (χ1n) is 4.65. The van der Waals surface area contributed by atoms with E-state index >= 15 is 0 Å². The molecule has 0 amide bonds. The summed E-state index contributed by atoms with van der Waals surface area (Å²) in [6, 6.07) is 4.27. The molecule has 0 bridgehead atoms. The Morgan fingerprint density at radius 1 is 1.47 bits per heavy atom. The van der Waals surface area contributed by atoms with Crippen LogP contribution in [0.15, 0.2) is 30.4 Å². The van der Waals surface area contributed by atoms with Crippen molar-refractivity contribution in [3.05, 3.63) is 41.5 Å². The smallest absolute Gasteiger partial charge is 0.335 e. The van der Waals surface area contributed by atoms with E-state index < -0.39 is 5.97 Å². The average Bonchev–Trinajstić information content (AvgIpc) is 2.16. The third kappa shape index (κ3) is 2.37. The summed E-state index contributed by atoms with van der Waals surface area (Å²) >= 11 is 0. The Labute approximate surface area is 88.7 Å². The fourth-order valence-electron chi connectivity index (χ4n) is 1.30. The Morgan fingerprint density at radius 2 is 2.07 bits per heavy atom. The number of aromatic carboxylic acids is 1. The molecule has 1 rings (SSSR count). The quantitative estimate of drug-likeness (QED) is 0.747. The molecule has 0 saturated heterocycles. The molecule has 0 aliphatic heterocycles. The van der Waals surface area contributed by atoms with Gasteiger partial charge in [-0.1, -0.05) is 19.1 Å². The molecule has 15 heavy (non-hydrogen) atoms. The minimum absolute atomic E-state index is 0.0516. The van der Waals surface area contributed by atoms with Crippen molar-refractivity contribution in [1.29, 1.82) is 0 Å². The normalized spacial score (nSPS) is 12.1. The molecular weight excluding hydrogens is 192 g/mol. The van der Waals surface area contributed by atoms with Crippen LogP contribution < -0.4 is 0 Å². The molecule has 0 heterocycles. The van der Waals surface area contributed by atoms with Gasteiger partial charge >= 0.3 is 5.97 Å². The number of aromatic hydroxyl groups is 1. The highest BCUT2D eigenvalue weighted by atomic mass is 16.4. The number of allylic oxidation sites excluding steroid dienone is 1.